The summed E-state index contributed by atoms with van der Waals surface area (Å²) in [6.07, 6.45) is -4.04. The van der Waals surface area contributed by atoms with Crippen molar-refractivity contribution in [3.63, 3.8) is 0 Å². The highest BCUT2D eigenvalue weighted by molar-refractivity contribution is 5.86. The summed E-state index contributed by atoms with van der Waals surface area (Å²) >= 11 is 0. The van der Waals surface area contributed by atoms with Gasteiger partial charge in [0.2, 0.25) is 0 Å². The molecule has 0 heterocycles. The van der Waals surface area contributed by atoms with Crippen LogP contribution in [-0.4, -0.2) is 11.3 Å². The summed E-state index contributed by atoms with van der Waals surface area (Å²) in [4.78, 5) is 0. The SMILES string of the molecule is CCCCc1ccc2c(C(O)C(F)(F)F)cccc2c1. The van der Waals surface area contributed by atoms with Gasteiger partial charge in [0, 0.05) is 0 Å². The molecule has 4 heteroatoms. The lowest BCUT2D eigenvalue weighted by Gasteiger charge is -2.17. The minimum atomic E-state index is -4.64. The van der Waals surface area contributed by atoms with Gasteiger partial charge in [0.15, 0.2) is 6.10 Å². The third-order valence-electron chi connectivity index (χ3n) is 3.40. The molecule has 2 aromatic rings. The van der Waals surface area contributed by atoms with Gasteiger partial charge < -0.3 is 5.11 Å². The molecule has 0 saturated carbocycles. The minimum Gasteiger partial charge on any atom is -0.379 e. The van der Waals surface area contributed by atoms with Crippen molar-refractivity contribution >= 4 is 10.8 Å². The molecule has 1 unspecified atom stereocenters. The minimum absolute atomic E-state index is 0.0861. The van der Waals surface area contributed by atoms with Crippen LogP contribution in [0.1, 0.15) is 37.0 Å². The lowest BCUT2D eigenvalue weighted by molar-refractivity contribution is -0.206. The average molecular weight is 282 g/mol. The molecular formula is C16H17F3O. The molecule has 20 heavy (non-hydrogen) atoms. The third-order valence-corrected chi connectivity index (χ3v) is 3.40. The number of aryl methyl sites for hydroxylation is 1. The van der Waals surface area contributed by atoms with Crippen LogP contribution in [0.2, 0.25) is 0 Å². The van der Waals surface area contributed by atoms with E-state index in [0.29, 0.717) is 5.39 Å². The molecular weight excluding hydrogens is 265 g/mol. The van der Waals surface area contributed by atoms with Crippen LogP contribution in [0.25, 0.3) is 10.8 Å². The normalized spacial score (nSPS) is 13.7. The van der Waals surface area contributed by atoms with Crippen molar-refractivity contribution in [2.45, 2.75) is 38.5 Å². The van der Waals surface area contributed by atoms with Crippen molar-refractivity contribution in [1.82, 2.24) is 0 Å². The van der Waals surface area contributed by atoms with E-state index >= 15 is 0 Å². The molecule has 1 nitrogen and oxygen atoms in total. The number of hydrogen-bond acceptors (Lipinski definition) is 1. The molecule has 108 valence electrons. The summed E-state index contributed by atoms with van der Waals surface area (Å²) in [6.45, 7) is 2.10. The second-order valence-corrected chi connectivity index (χ2v) is 4.95. The zero-order valence-corrected chi connectivity index (χ0v) is 11.2. The van der Waals surface area contributed by atoms with Gasteiger partial charge >= 0.3 is 6.18 Å². The maximum absolute atomic E-state index is 12.7. The molecule has 2 rings (SSSR count). The first-order valence-electron chi connectivity index (χ1n) is 6.70. The van der Waals surface area contributed by atoms with Gasteiger partial charge in [-0.3, -0.25) is 0 Å². The van der Waals surface area contributed by atoms with Crippen molar-refractivity contribution in [2.24, 2.45) is 0 Å². The zero-order valence-electron chi connectivity index (χ0n) is 11.2. The molecule has 0 aliphatic rings. The largest absolute Gasteiger partial charge is 0.418 e. The number of fused-ring (bicyclic) bond motifs is 1. The monoisotopic (exact) mass is 282 g/mol. The first-order chi connectivity index (χ1) is 9.43. The maximum Gasteiger partial charge on any atom is 0.418 e. The average Bonchev–Trinajstić information content (AvgIpc) is 2.42. The highest BCUT2D eigenvalue weighted by Gasteiger charge is 2.40. The van der Waals surface area contributed by atoms with Gasteiger partial charge in [-0.2, -0.15) is 13.2 Å². The number of hydrogen-bond donors (Lipinski definition) is 1. The smallest absolute Gasteiger partial charge is 0.379 e. The first kappa shape index (κ1) is 14.9. The van der Waals surface area contributed by atoms with E-state index in [1.165, 1.54) is 6.07 Å². The predicted molar refractivity (Wildman–Crippen MR) is 73.6 cm³/mol. The van der Waals surface area contributed by atoms with Crippen LogP contribution in [0.3, 0.4) is 0 Å². The van der Waals surface area contributed by atoms with Gasteiger partial charge in [-0.05, 0) is 34.7 Å². The van der Waals surface area contributed by atoms with Gasteiger partial charge in [0.1, 0.15) is 0 Å². The van der Waals surface area contributed by atoms with Crippen LogP contribution in [0, 0.1) is 0 Å². The van der Waals surface area contributed by atoms with Gasteiger partial charge in [-0.25, -0.2) is 0 Å². The summed E-state index contributed by atoms with van der Waals surface area (Å²) in [6, 6.07) is 10.1. The number of alkyl halides is 3. The Labute approximate surface area is 116 Å². The summed E-state index contributed by atoms with van der Waals surface area (Å²) in [5.41, 5.74) is 1.02. The van der Waals surface area contributed by atoms with Crippen LogP contribution in [0.15, 0.2) is 36.4 Å². The Morgan fingerprint density at radius 2 is 1.90 bits per heavy atom. The van der Waals surface area contributed by atoms with Crippen LogP contribution in [0.4, 0.5) is 13.2 Å². The van der Waals surface area contributed by atoms with Gasteiger partial charge in [0.25, 0.3) is 0 Å². The number of aliphatic hydroxyl groups is 1. The fourth-order valence-electron chi connectivity index (χ4n) is 2.31. The molecule has 0 saturated heterocycles. The number of aliphatic hydroxyl groups excluding tert-OH is 1. The van der Waals surface area contributed by atoms with E-state index in [2.05, 4.69) is 6.92 Å². The highest BCUT2D eigenvalue weighted by Crippen LogP contribution is 2.36. The van der Waals surface area contributed by atoms with E-state index in [0.717, 1.165) is 30.2 Å². The molecule has 0 fully saturated rings. The topological polar surface area (TPSA) is 20.2 Å². The van der Waals surface area contributed by atoms with E-state index in [-0.39, 0.29) is 5.56 Å². The zero-order chi connectivity index (χ0) is 14.8. The second-order valence-electron chi connectivity index (χ2n) is 4.95. The van der Waals surface area contributed by atoms with Crippen molar-refractivity contribution in [3.05, 3.63) is 47.5 Å². The van der Waals surface area contributed by atoms with Crippen molar-refractivity contribution in [2.75, 3.05) is 0 Å². The molecule has 0 radical (unpaired) electrons. The lowest BCUT2D eigenvalue weighted by Crippen LogP contribution is -2.20. The van der Waals surface area contributed by atoms with E-state index in [1.807, 2.05) is 12.1 Å². The summed E-state index contributed by atoms with van der Waals surface area (Å²) in [5.74, 6) is 0. The standard InChI is InChI=1S/C16H17F3O/c1-2-3-5-11-8-9-13-12(10-11)6-4-7-14(13)15(20)16(17,18)19/h4,6-10,15,20H,2-3,5H2,1H3. The molecule has 0 aliphatic carbocycles. The maximum atomic E-state index is 12.7. The predicted octanol–water partition coefficient (Wildman–Crippen LogP) is 4.78. The molecule has 0 aromatic heterocycles. The fourth-order valence-corrected chi connectivity index (χ4v) is 2.31. The van der Waals surface area contributed by atoms with Crippen LogP contribution < -0.4 is 0 Å². The molecule has 0 spiro atoms. The summed E-state index contributed by atoms with van der Waals surface area (Å²) in [7, 11) is 0. The van der Waals surface area contributed by atoms with E-state index < -0.39 is 12.3 Å². The Hall–Kier alpha value is -1.55. The van der Waals surface area contributed by atoms with Gasteiger partial charge in [0.05, 0.1) is 0 Å². The number of benzene rings is 2. The Balaban J connectivity index is 2.43. The van der Waals surface area contributed by atoms with Crippen molar-refractivity contribution < 1.29 is 18.3 Å². The quantitative estimate of drug-likeness (QED) is 0.855. The molecule has 2 aromatic carbocycles. The van der Waals surface area contributed by atoms with E-state index in [1.54, 1.807) is 18.2 Å². The number of unbranched alkanes of at least 4 members (excludes halogenated alkanes) is 1. The van der Waals surface area contributed by atoms with Crippen molar-refractivity contribution in [3.8, 4) is 0 Å². The summed E-state index contributed by atoms with van der Waals surface area (Å²) in [5, 5.41) is 10.6. The van der Waals surface area contributed by atoms with Crippen LogP contribution in [0.5, 0.6) is 0 Å². The Bertz CT molecular complexity index is 590. The first-order valence-corrected chi connectivity index (χ1v) is 6.70. The summed E-state index contributed by atoms with van der Waals surface area (Å²) < 4.78 is 38.0. The second kappa shape index (κ2) is 5.83. The fraction of sp³-hybridized carbons (Fsp3) is 0.375. The van der Waals surface area contributed by atoms with Crippen LogP contribution >= 0.6 is 0 Å². The van der Waals surface area contributed by atoms with E-state index in [4.69, 9.17) is 0 Å². The Morgan fingerprint density at radius 3 is 2.55 bits per heavy atom. The molecule has 0 amide bonds. The van der Waals surface area contributed by atoms with E-state index in [9.17, 15) is 18.3 Å². The molecule has 1 atom stereocenters. The van der Waals surface area contributed by atoms with Crippen molar-refractivity contribution in [1.29, 1.82) is 0 Å². The van der Waals surface area contributed by atoms with Gasteiger partial charge in [-0.15, -0.1) is 0 Å². The lowest BCUT2D eigenvalue weighted by atomic mass is 9.97. The molecule has 1 N–H and O–H groups in total. The Kier molecular flexibility index (Phi) is 4.33. The highest BCUT2D eigenvalue weighted by atomic mass is 19.4. The Morgan fingerprint density at radius 1 is 1.15 bits per heavy atom. The third kappa shape index (κ3) is 3.12. The number of rotatable bonds is 4. The molecule has 0 aliphatic heterocycles. The van der Waals surface area contributed by atoms with Gasteiger partial charge in [-0.1, -0.05) is 49.7 Å². The number of halogens is 3. The van der Waals surface area contributed by atoms with Crippen LogP contribution in [-0.2, 0) is 6.42 Å². The molecule has 0 bridgehead atoms.